The number of carbonyl (C=O) groups excluding carboxylic acids is 2. The van der Waals surface area contributed by atoms with Crippen LogP contribution in [0.1, 0.15) is 25.6 Å². The molecule has 2 N–H and O–H groups in total. The molecule has 0 spiro atoms. The van der Waals surface area contributed by atoms with E-state index in [9.17, 15) is 18.0 Å². The maximum absolute atomic E-state index is 12.7. The van der Waals surface area contributed by atoms with E-state index in [4.69, 9.17) is 0 Å². The highest BCUT2D eigenvalue weighted by Crippen LogP contribution is 2.24. The van der Waals surface area contributed by atoms with Crippen LogP contribution in [0, 0.1) is 12.8 Å². The maximum atomic E-state index is 12.7. The van der Waals surface area contributed by atoms with Crippen LogP contribution in [0.5, 0.6) is 0 Å². The van der Waals surface area contributed by atoms with Crippen molar-refractivity contribution in [2.45, 2.75) is 31.6 Å². The van der Waals surface area contributed by atoms with Gasteiger partial charge in [0.1, 0.15) is 23.8 Å². The van der Waals surface area contributed by atoms with Gasteiger partial charge in [0.25, 0.3) is 10.0 Å². The summed E-state index contributed by atoms with van der Waals surface area (Å²) in [5, 5.41) is 2.84. The Morgan fingerprint density at radius 3 is 2.32 bits per heavy atom. The fourth-order valence-corrected chi connectivity index (χ4v) is 4.83. The van der Waals surface area contributed by atoms with Crippen molar-refractivity contribution >= 4 is 33.3 Å². The molecule has 0 unspecified atom stereocenters. The molecule has 2 amide bonds. The van der Waals surface area contributed by atoms with Gasteiger partial charge in [-0.05, 0) is 44.0 Å². The van der Waals surface area contributed by atoms with Gasteiger partial charge >= 0.3 is 0 Å². The minimum atomic E-state index is -3.91. The zero-order valence-electron chi connectivity index (χ0n) is 18.8. The first-order valence-electron chi connectivity index (χ1n) is 10.7. The van der Waals surface area contributed by atoms with Gasteiger partial charge in [-0.25, -0.2) is 28.1 Å². The van der Waals surface area contributed by atoms with Gasteiger partial charge in [-0.1, -0.05) is 0 Å². The van der Waals surface area contributed by atoms with E-state index in [0.29, 0.717) is 31.6 Å². The van der Waals surface area contributed by atoms with Crippen LogP contribution in [0.15, 0.2) is 53.9 Å². The molecule has 3 aromatic rings. The molecule has 1 aliphatic heterocycles. The van der Waals surface area contributed by atoms with Crippen LogP contribution in [0.2, 0.25) is 0 Å². The van der Waals surface area contributed by atoms with Crippen molar-refractivity contribution in [3.05, 3.63) is 54.9 Å². The first-order chi connectivity index (χ1) is 16.2. The number of aromatic nitrogens is 4. The Labute approximate surface area is 197 Å². The molecule has 1 fully saturated rings. The largest absolute Gasteiger partial charge is 0.356 e. The van der Waals surface area contributed by atoms with Gasteiger partial charge < -0.3 is 10.2 Å². The third-order valence-corrected chi connectivity index (χ3v) is 7.06. The number of imidazole rings is 1. The van der Waals surface area contributed by atoms with Crippen molar-refractivity contribution in [2.24, 2.45) is 5.92 Å². The van der Waals surface area contributed by atoms with Gasteiger partial charge in [0, 0.05) is 50.1 Å². The Kier molecular flexibility index (Phi) is 6.59. The van der Waals surface area contributed by atoms with Crippen molar-refractivity contribution in [3.8, 4) is 5.82 Å². The zero-order chi connectivity index (χ0) is 24.3. The van der Waals surface area contributed by atoms with Crippen LogP contribution < -0.4 is 14.9 Å². The second kappa shape index (κ2) is 9.59. The molecular weight excluding hydrogens is 458 g/mol. The molecule has 11 nitrogen and oxygen atoms in total. The lowest BCUT2D eigenvalue weighted by molar-refractivity contribution is -0.120. The Morgan fingerprint density at radius 1 is 1.03 bits per heavy atom. The maximum Gasteiger partial charge on any atom is 0.264 e. The lowest BCUT2D eigenvalue weighted by atomic mass is 9.96. The number of hydrogen-bond donors (Lipinski definition) is 2. The summed E-state index contributed by atoms with van der Waals surface area (Å²) in [5.41, 5.74) is 0.491. The summed E-state index contributed by atoms with van der Waals surface area (Å²) in [6, 6.07) is 7.60. The zero-order valence-corrected chi connectivity index (χ0v) is 19.6. The molecule has 178 valence electrons. The first-order valence-corrected chi connectivity index (χ1v) is 12.2. The smallest absolute Gasteiger partial charge is 0.264 e. The van der Waals surface area contributed by atoms with E-state index in [-0.39, 0.29) is 16.7 Å². The second-order valence-electron chi connectivity index (χ2n) is 8.02. The summed E-state index contributed by atoms with van der Waals surface area (Å²) < 4.78 is 27.9. The van der Waals surface area contributed by atoms with Gasteiger partial charge in [0.2, 0.25) is 11.8 Å². The molecule has 34 heavy (non-hydrogen) atoms. The van der Waals surface area contributed by atoms with Crippen LogP contribution in [0.3, 0.4) is 0 Å². The molecular formula is C22H25N7O4S. The van der Waals surface area contributed by atoms with Crippen LogP contribution in [0.4, 0.5) is 11.5 Å². The van der Waals surface area contributed by atoms with E-state index < -0.39 is 15.9 Å². The Hall–Kier alpha value is -3.80. The predicted molar refractivity (Wildman–Crippen MR) is 125 cm³/mol. The predicted octanol–water partition coefficient (Wildman–Crippen LogP) is 1.65. The summed E-state index contributed by atoms with van der Waals surface area (Å²) in [7, 11) is -3.91. The number of anilines is 2. The highest BCUT2D eigenvalue weighted by molar-refractivity contribution is 7.90. The lowest BCUT2D eigenvalue weighted by Crippen LogP contribution is -2.38. The SMILES string of the molecule is CC(=O)NS(=O)(=O)c1ccc(NC(=O)C2CCN(c3cc(-n4ccnc4C)ncn3)CC2)cc1. The van der Waals surface area contributed by atoms with E-state index in [1.807, 2.05) is 28.5 Å². The van der Waals surface area contributed by atoms with Crippen molar-refractivity contribution in [2.75, 3.05) is 23.3 Å². The number of rotatable bonds is 6. The van der Waals surface area contributed by atoms with E-state index in [1.165, 1.54) is 30.6 Å². The number of sulfonamides is 1. The summed E-state index contributed by atoms with van der Waals surface area (Å²) in [5.74, 6) is 1.42. The summed E-state index contributed by atoms with van der Waals surface area (Å²) in [6.07, 6.45) is 6.41. The second-order valence-corrected chi connectivity index (χ2v) is 9.70. The molecule has 0 bridgehead atoms. The van der Waals surface area contributed by atoms with Crippen LogP contribution in [-0.4, -0.2) is 52.8 Å². The number of benzene rings is 1. The third-order valence-electron chi connectivity index (χ3n) is 5.61. The monoisotopic (exact) mass is 483 g/mol. The van der Waals surface area contributed by atoms with Crippen LogP contribution >= 0.6 is 0 Å². The molecule has 1 saturated heterocycles. The Morgan fingerprint density at radius 2 is 1.71 bits per heavy atom. The molecule has 2 aromatic heterocycles. The van der Waals surface area contributed by atoms with Gasteiger partial charge in [-0.3, -0.25) is 14.2 Å². The Balaban J connectivity index is 1.34. The quantitative estimate of drug-likeness (QED) is 0.540. The number of amides is 2. The highest BCUT2D eigenvalue weighted by atomic mass is 32.2. The number of hydrogen-bond acceptors (Lipinski definition) is 8. The van der Waals surface area contributed by atoms with Gasteiger partial charge in [-0.2, -0.15) is 0 Å². The molecule has 0 radical (unpaired) electrons. The van der Waals surface area contributed by atoms with E-state index in [2.05, 4.69) is 25.2 Å². The van der Waals surface area contributed by atoms with E-state index in [0.717, 1.165) is 24.4 Å². The minimum absolute atomic E-state index is 0.0517. The Bertz CT molecular complexity index is 1300. The van der Waals surface area contributed by atoms with Crippen LogP contribution in [0.25, 0.3) is 5.82 Å². The molecule has 0 aliphatic carbocycles. The van der Waals surface area contributed by atoms with Crippen molar-refractivity contribution in [1.82, 2.24) is 24.2 Å². The van der Waals surface area contributed by atoms with Gasteiger partial charge in [0.15, 0.2) is 0 Å². The highest BCUT2D eigenvalue weighted by Gasteiger charge is 2.26. The summed E-state index contributed by atoms with van der Waals surface area (Å²) >= 11 is 0. The van der Waals surface area contributed by atoms with Crippen molar-refractivity contribution in [3.63, 3.8) is 0 Å². The number of piperidine rings is 1. The molecule has 1 aliphatic rings. The van der Waals surface area contributed by atoms with E-state index >= 15 is 0 Å². The van der Waals surface area contributed by atoms with Crippen molar-refractivity contribution in [1.29, 1.82) is 0 Å². The van der Waals surface area contributed by atoms with Gasteiger partial charge in [0.05, 0.1) is 4.90 Å². The molecule has 1 aromatic carbocycles. The minimum Gasteiger partial charge on any atom is -0.356 e. The fraction of sp³-hybridized carbons (Fsp3) is 0.318. The summed E-state index contributed by atoms with van der Waals surface area (Å²) in [6.45, 7) is 4.37. The standard InChI is InChI=1S/C22H25N7O4S/c1-15-23-9-12-29(15)21-13-20(24-14-25-21)28-10-7-17(8-11-28)22(31)26-18-3-5-19(6-4-18)34(32,33)27-16(2)30/h3-6,9,12-14,17H,7-8,10-11H2,1-2H3,(H,26,31)(H,27,30). The average Bonchev–Trinajstić information content (AvgIpc) is 3.24. The normalized spacial score (nSPS) is 14.6. The third kappa shape index (κ3) is 5.22. The lowest BCUT2D eigenvalue weighted by Gasteiger charge is -2.32. The number of aryl methyl sites for hydroxylation is 1. The topological polar surface area (TPSA) is 139 Å². The molecule has 4 rings (SSSR count). The number of carbonyl (C=O) groups is 2. The van der Waals surface area contributed by atoms with E-state index in [1.54, 1.807) is 6.20 Å². The van der Waals surface area contributed by atoms with Crippen molar-refractivity contribution < 1.29 is 18.0 Å². The molecule has 3 heterocycles. The molecule has 12 heteroatoms. The molecule has 0 atom stereocenters. The molecule has 0 saturated carbocycles. The van der Waals surface area contributed by atoms with Crippen LogP contribution in [-0.2, 0) is 19.6 Å². The fourth-order valence-electron chi connectivity index (χ4n) is 3.84. The average molecular weight is 484 g/mol. The number of nitrogens with one attached hydrogen (secondary N) is 2. The van der Waals surface area contributed by atoms with Gasteiger partial charge in [-0.15, -0.1) is 0 Å². The summed E-state index contributed by atoms with van der Waals surface area (Å²) in [4.78, 5) is 38.8. The first kappa shape index (κ1) is 23.4. The number of nitrogens with zero attached hydrogens (tertiary/aromatic N) is 5.